The molecule has 134 valence electrons. The number of hydrogen-bond acceptors (Lipinski definition) is 6. The van der Waals surface area contributed by atoms with E-state index in [2.05, 4.69) is 0 Å². The molecule has 0 heterocycles. The van der Waals surface area contributed by atoms with Gasteiger partial charge in [0.2, 0.25) is 6.54 Å². The fraction of sp³-hybridized carbons (Fsp3) is 0.444. The van der Waals surface area contributed by atoms with Crippen LogP contribution in [0, 0.1) is 16.0 Å². The number of ketones is 1. The number of aromatic hydroxyl groups is 1. The van der Waals surface area contributed by atoms with Crippen LogP contribution in [0.25, 0.3) is 0 Å². The number of hydrogen-bond donors (Lipinski definition) is 1. The molecule has 25 heavy (non-hydrogen) atoms. The first-order valence-corrected chi connectivity index (χ1v) is 8.17. The van der Waals surface area contributed by atoms with Crippen molar-refractivity contribution in [1.29, 1.82) is 0 Å². The van der Waals surface area contributed by atoms with Crippen LogP contribution < -0.4 is 0 Å². The van der Waals surface area contributed by atoms with Crippen molar-refractivity contribution < 1.29 is 24.4 Å². The second-order valence-electron chi connectivity index (χ2n) is 5.99. The maximum atomic E-state index is 12.5. The van der Waals surface area contributed by atoms with Crippen LogP contribution in [0.1, 0.15) is 38.2 Å². The average Bonchev–Trinajstić information content (AvgIpc) is 2.54. The van der Waals surface area contributed by atoms with Crippen LogP contribution in [-0.2, 0) is 14.3 Å². The van der Waals surface area contributed by atoms with E-state index in [-0.39, 0.29) is 30.1 Å². The Labute approximate surface area is 145 Å². The molecule has 0 aliphatic heterocycles. The third-order valence-electron chi connectivity index (χ3n) is 4.47. The van der Waals surface area contributed by atoms with E-state index in [0.717, 1.165) is 0 Å². The molecule has 0 unspecified atom stereocenters. The van der Waals surface area contributed by atoms with Crippen LogP contribution in [-0.4, -0.2) is 34.9 Å². The van der Waals surface area contributed by atoms with Gasteiger partial charge in [-0.3, -0.25) is 19.7 Å². The van der Waals surface area contributed by atoms with Crippen LogP contribution in [0.2, 0.25) is 0 Å². The van der Waals surface area contributed by atoms with Gasteiger partial charge in [0.05, 0.1) is 18.4 Å². The second-order valence-corrected chi connectivity index (χ2v) is 5.99. The normalized spacial score (nSPS) is 18.8. The van der Waals surface area contributed by atoms with Gasteiger partial charge in [0.1, 0.15) is 5.75 Å². The lowest BCUT2D eigenvalue weighted by Crippen LogP contribution is -2.30. The summed E-state index contributed by atoms with van der Waals surface area (Å²) in [7, 11) is 0. The topological polar surface area (TPSA) is 107 Å². The smallest absolute Gasteiger partial charge is 0.313 e. The van der Waals surface area contributed by atoms with Gasteiger partial charge in [0.15, 0.2) is 5.78 Å². The molecule has 2 rings (SSSR count). The van der Waals surface area contributed by atoms with E-state index in [0.29, 0.717) is 17.6 Å². The predicted octanol–water partition coefficient (Wildman–Crippen LogP) is 2.61. The summed E-state index contributed by atoms with van der Waals surface area (Å²) in [6, 6.07) is 6.24. The molecule has 1 aliphatic rings. The lowest BCUT2D eigenvalue weighted by Gasteiger charge is -2.28. The number of carbonyl (C=O) groups excluding carboxylic acids is 2. The van der Waals surface area contributed by atoms with E-state index < -0.39 is 29.3 Å². The van der Waals surface area contributed by atoms with E-state index in [4.69, 9.17) is 4.74 Å². The van der Waals surface area contributed by atoms with Crippen molar-refractivity contribution in [2.75, 3.05) is 13.2 Å². The van der Waals surface area contributed by atoms with Gasteiger partial charge in [0.25, 0.3) is 0 Å². The molecule has 0 radical (unpaired) electrons. The molecule has 7 heteroatoms. The highest BCUT2D eigenvalue weighted by Gasteiger charge is 2.38. The summed E-state index contributed by atoms with van der Waals surface area (Å²) in [6.45, 7) is 3.03. The number of phenolic OH excluding ortho intramolecular Hbond substituents is 1. The van der Waals surface area contributed by atoms with Crippen molar-refractivity contribution in [3.05, 3.63) is 51.1 Å². The van der Waals surface area contributed by atoms with Gasteiger partial charge < -0.3 is 9.84 Å². The van der Waals surface area contributed by atoms with Crippen LogP contribution in [0.4, 0.5) is 0 Å². The Kier molecular flexibility index (Phi) is 5.90. The van der Waals surface area contributed by atoms with E-state index in [1.807, 2.05) is 0 Å². The zero-order valence-electron chi connectivity index (χ0n) is 14.2. The summed E-state index contributed by atoms with van der Waals surface area (Å²) in [5.74, 6) is -2.26. The number of rotatable bonds is 6. The van der Waals surface area contributed by atoms with Gasteiger partial charge in [-0.1, -0.05) is 23.8 Å². The summed E-state index contributed by atoms with van der Waals surface area (Å²) >= 11 is 0. The van der Waals surface area contributed by atoms with Crippen LogP contribution >= 0.6 is 0 Å². The Morgan fingerprint density at radius 3 is 2.72 bits per heavy atom. The molecule has 0 bridgehead atoms. The zero-order valence-corrected chi connectivity index (χ0v) is 14.2. The number of Topliss-reactive ketones (excluding diaryl/α,β-unsaturated/α-hetero) is 1. The third-order valence-corrected chi connectivity index (χ3v) is 4.47. The minimum absolute atomic E-state index is 0.110. The first-order valence-electron chi connectivity index (χ1n) is 8.17. The molecular weight excluding hydrogens is 326 g/mol. The third kappa shape index (κ3) is 4.04. The van der Waals surface area contributed by atoms with E-state index >= 15 is 0 Å². The fourth-order valence-corrected chi connectivity index (χ4v) is 3.32. The SMILES string of the molecule is CCOC(=O)[C@@H]1CCC(=O)C([C@@H](C[N+](=O)[O-])c2ccccc2O)=C1C. The van der Waals surface area contributed by atoms with Crippen molar-refractivity contribution in [2.24, 2.45) is 5.92 Å². The second kappa shape index (κ2) is 7.92. The van der Waals surface area contributed by atoms with E-state index in [9.17, 15) is 24.8 Å². The summed E-state index contributed by atoms with van der Waals surface area (Å²) in [4.78, 5) is 35.3. The number of nitro groups is 1. The summed E-state index contributed by atoms with van der Waals surface area (Å²) in [6.07, 6.45) is 0.455. The molecule has 0 aromatic heterocycles. The Morgan fingerprint density at radius 2 is 2.12 bits per heavy atom. The minimum Gasteiger partial charge on any atom is -0.508 e. The molecule has 1 N–H and O–H groups in total. The molecule has 1 aromatic rings. The van der Waals surface area contributed by atoms with Gasteiger partial charge >= 0.3 is 5.97 Å². The molecule has 0 amide bonds. The lowest BCUT2D eigenvalue weighted by atomic mass is 9.75. The number of nitrogens with zero attached hydrogens (tertiary/aromatic N) is 1. The monoisotopic (exact) mass is 347 g/mol. The molecule has 2 atom stereocenters. The van der Waals surface area contributed by atoms with Crippen LogP contribution in [0.5, 0.6) is 5.75 Å². The average molecular weight is 347 g/mol. The largest absolute Gasteiger partial charge is 0.508 e. The van der Waals surface area contributed by atoms with Gasteiger partial charge in [0, 0.05) is 22.5 Å². The number of benzene rings is 1. The highest BCUT2D eigenvalue weighted by molar-refractivity contribution is 6.00. The predicted molar refractivity (Wildman–Crippen MR) is 89.8 cm³/mol. The highest BCUT2D eigenvalue weighted by atomic mass is 16.6. The zero-order chi connectivity index (χ0) is 18.6. The van der Waals surface area contributed by atoms with Crippen molar-refractivity contribution in [3.8, 4) is 5.75 Å². The molecule has 7 nitrogen and oxygen atoms in total. The molecule has 1 aromatic carbocycles. The number of phenols is 1. The number of esters is 1. The van der Waals surface area contributed by atoms with E-state index in [1.165, 1.54) is 6.07 Å². The quantitative estimate of drug-likeness (QED) is 0.481. The van der Waals surface area contributed by atoms with E-state index in [1.54, 1.807) is 32.0 Å². The molecular formula is C18H21NO6. The van der Waals surface area contributed by atoms with Gasteiger partial charge in [-0.25, -0.2) is 0 Å². The lowest BCUT2D eigenvalue weighted by molar-refractivity contribution is -0.481. The standard InChI is InChI=1S/C18H21NO6/c1-3-25-18(22)12-8-9-16(21)17(11(12)2)14(10-19(23)24)13-6-4-5-7-15(13)20/h4-7,12,14,20H,3,8-10H2,1-2H3/t12-,14+/m1/s1. The minimum atomic E-state index is -0.902. The molecule has 0 saturated heterocycles. The Balaban J connectivity index is 2.54. The maximum absolute atomic E-state index is 12.5. The van der Waals surface area contributed by atoms with Gasteiger partial charge in [-0.2, -0.15) is 0 Å². The highest BCUT2D eigenvalue weighted by Crippen LogP contribution is 2.39. The summed E-state index contributed by atoms with van der Waals surface area (Å²) in [5.41, 5.74) is 1.04. The Morgan fingerprint density at radius 1 is 1.44 bits per heavy atom. The summed E-state index contributed by atoms with van der Waals surface area (Å²) < 4.78 is 5.06. The van der Waals surface area contributed by atoms with Crippen molar-refractivity contribution in [1.82, 2.24) is 0 Å². The molecule has 0 fully saturated rings. The first kappa shape index (κ1) is 18.6. The number of para-hydroxylation sites is 1. The van der Waals surface area contributed by atoms with Crippen LogP contribution in [0.3, 0.4) is 0 Å². The Hall–Kier alpha value is -2.70. The number of carbonyl (C=O) groups is 2. The Bertz CT molecular complexity index is 724. The molecule has 0 saturated carbocycles. The van der Waals surface area contributed by atoms with Crippen molar-refractivity contribution in [3.63, 3.8) is 0 Å². The maximum Gasteiger partial charge on any atom is 0.313 e. The van der Waals surface area contributed by atoms with Crippen molar-refractivity contribution >= 4 is 11.8 Å². The first-order chi connectivity index (χ1) is 11.9. The fourth-order valence-electron chi connectivity index (χ4n) is 3.32. The van der Waals surface area contributed by atoms with Crippen LogP contribution in [0.15, 0.2) is 35.4 Å². The summed E-state index contributed by atoms with van der Waals surface area (Å²) in [5, 5.41) is 21.3. The number of ether oxygens (including phenoxy) is 1. The van der Waals surface area contributed by atoms with Gasteiger partial charge in [-0.15, -0.1) is 0 Å². The molecule has 1 aliphatic carbocycles. The molecule has 0 spiro atoms. The van der Waals surface area contributed by atoms with Crippen molar-refractivity contribution in [2.45, 2.75) is 32.6 Å². The van der Waals surface area contributed by atoms with Gasteiger partial charge in [-0.05, 0) is 26.3 Å².